The molecule has 0 fully saturated rings. The monoisotopic (exact) mass is 373 g/mol. The zero-order valence-corrected chi connectivity index (χ0v) is 14.6. The highest BCUT2D eigenvalue weighted by Crippen LogP contribution is 2.29. The zero-order chi connectivity index (χ0) is 18.4. The van der Waals surface area contributed by atoms with Gasteiger partial charge in [-0.2, -0.15) is 13.2 Å². The SMILES string of the molecule is C=CCNC(=NCc1nnc(C)n1C)NCc1nc(C(F)(F)F)cs1. The van der Waals surface area contributed by atoms with E-state index in [1.807, 2.05) is 18.5 Å². The average Bonchev–Trinajstić information content (AvgIpc) is 3.15. The summed E-state index contributed by atoms with van der Waals surface area (Å²) in [5.74, 6) is 1.86. The highest BCUT2D eigenvalue weighted by atomic mass is 32.1. The van der Waals surface area contributed by atoms with E-state index in [1.165, 1.54) is 0 Å². The molecule has 2 aromatic rings. The lowest BCUT2D eigenvalue weighted by atomic mass is 10.5. The van der Waals surface area contributed by atoms with Crippen molar-refractivity contribution in [1.82, 2.24) is 30.4 Å². The summed E-state index contributed by atoms with van der Waals surface area (Å²) < 4.78 is 39.5. The molecular formula is C14H18F3N7S. The van der Waals surface area contributed by atoms with Crippen LogP contribution in [0.2, 0.25) is 0 Å². The van der Waals surface area contributed by atoms with Crippen LogP contribution >= 0.6 is 11.3 Å². The number of aryl methyl sites for hydroxylation is 1. The van der Waals surface area contributed by atoms with E-state index in [9.17, 15) is 13.2 Å². The second kappa shape index (κ2) is 8.10. The number of alkyl halides is 3. The fraction of sp³-hybridized carbons (Fsp3) is 0.429. The van der Waals surface area contributed by atoms with Crippen LogP contribution in [0.15, 0.2) is 23.0 Å². The lowest BCUT2D eigenvalue weighted by molar-refractivity contribution is -0.140. The summed E-state index contributed by atoms with van der Waals surface area (Å²) in [5, 5.41) is 15.2. The highest BCUT2D eigenvalue weighted by molar-refractivity contribution is 7.09. The molecule has 0 aromatic carbocycles. The number of nitrogens with one attached hydrogen (secondary N) is 2. The van der Waals surface area contributed by atoms with Gasteiger partial charge in [-0.05, 0) is 6.92 Å². The molecular weight excluding hydrogens is 355 g/mol. The number of aliphatic imine (C=N–C) groups is 1. The third-order valence-electron chi connectivity index (χ3n) is 3.22. The summed E-state index contributed by atoms with van der Waals surface area (Å²) >= 11 is 0.939. The Morgan fingerprint density at radius 3 is 2.72 bits per heavy atom. The van der Waals surface area contributed by atoms with Crippen molar-refractivity contribution >= 4 is 17.3 Å². The molecule has 11 heteroatoms. The third kappa shape index (κ3) is 5.28. The molecule has 2 heterocycles. The van der Waals surface area contributed by atoms with E-state index in [4.69, 9.17) is 0 Å². The first kappa shape index (κ1) is 18.9. The van der Waals surface area contributed by atoms with Crippen LogP contribution < -0.4 is 10.6 Å². The normalized spacial score (nSPS) is 12.3. The molecule has 0 unspecified atom stereocenters. The van der Waals surface area contributed by atoms with Crippen molar-refractivity contribution in [2.75, 3.05) is 6.54 Å². The smallest absolute Gasteiger partial charge is 0.353 e. The number of hydrogen-bond acceptors (Lipinski definition) is 5. The molecule has 0 aliphatic carbocycles. The van der Waals surface area contributed by atoms with Crippen molar-refractivity contribution in [2.45, 2.75) is 26.2 Å². The van der Waals surface area contributed by atoms with E-state index in [0.29, 0.717) is 23.3 Å². The van der Waals surface area contributed by atoms with E-state index in [-0.39, 0.29) is 13.1 Å². The summed E-state index contributed by atoms with van der Waals surface area (Å²) in [4.78, 5) is 7.93. The number of rotatable bonds is 6. The van der Waals surface area contributed by atoms with Gasteiger partial charge in [-0.15, -0.1) is 28.1 Å². The van der Waals surface area contributed by atoms with Crippen LogP contribution in [0.25, 0.3) is 0 Å². The first-order valence-corrected chi connectivity index (χ1v) is 8.18. The fourth-order valence-corrected chi connectivity index (χ4v) is 2.50. The minimum atomic E-state index is -4.43. The average molecular weight is 373 g/mol. The van der Waals surface area contributed by atoms with Crippen LogP contribution in [0, 0.1) is 6.92 Å². The molecule has 0 saturated carbocycles. The van der Waals surface area contributed by atoms with E-state index in [0.717, 1.165) is 22.5 Å². The van der Waals surface area contributed by atoms with Crippen molar-refractivity contribution in [3.8, 4) is 0 Å². The van der Waals surface area contributed by atoms with Gasteiger partial charge in [-0.25, -0.2) is 9.98 Å². The van der Waals surface area contributed by atoms with Gasteiger partial charge >= 0.3 is 6.18 Å². The second-order valence-corrected chi connectivity index (χ2v) is 5.98. The summed E-state index contributed by atoms with van der Waals surface area (Å²) in [6.07, 6.45) is -2.79. The zero-order valence-electron chi connectivity index (χ0n) is 13.8. The molecule has 2 rings (SSSR count). The van der Waals surface area contributed by atoms with Crippen molar-refractivity contribution < 1.29 is 13.2 Å². The standard InChI is InChI=1S/C14H18F3N7S/c1-4-5-18-13(19-6-11-23-22-9(2)24(11)3)20-7-12-21-10(8-25-12)14(15,16)17/h4,8H,1,5-7H2,2-3H3,(H2,18,19,20). The van der Waals surface area contributed by atoms with Crippen LogP contribution in [0.3, 0.4) is 0 Å². The summed E-state index contributed by atoms with van der Waals surface area (Å²) in [5.41, 5.74) is -0.888. The first-order valence-electron chi connectivity index (χ1n) is 7.30. The lowest BCUT2D eigenvalue weighted by Gasteiger charge is -2.10. The molecule has 0 aliphatic rings. The number of hydrogen-bond donors (Lipinski definition) is 2. The molecule has 25 heavy (non-hydrogen) atoms. The molecule has 0 bridgehead atoms. The van der Waals surface area contributed by atoms with Crippen molar-refractivity contribution in [3.63, 3.8) is 0 Å². The van der Waals surface area contributed by atoms with Gasteiger partial charge in [0.1, 0.15) is 17.4 Å². The van der Waals surface area contributed by atoms with Crippen LogP contribution in [-0.4, -0.2) is 32.3 Å². The Kier molecular flexibility index (Phi) is 6.12. The van der Waals surface area contributed by atoms with Gasteiger partial charge in [0.05, 0.1) is 6.54 Å². The van der Waals surface area contributed by atoms with Gasteiger partial charge in [0.15, 0.2) is 17.5 Å². The van der Waals surface area contributed by atoms with Crippen LogP contribution in [-0.2, 0) is 26.3 Å². The Bertz CT molecular complexity index is 748. The summed E-state index contributed by atoms with van der Waals surface area (Å²) in [7, 11) is 1.83. The van der Waals surface area contributed by atoms with Gasteiger partial charge in [-0.3, -0.25) is 0 Å². The minimum absolute atomic E-state index is 0.127. The number of nitrogens with zero attached hydrogens (tertiary/aromatic N) is 5. The van der Waals surface area contributed by atoms with Crippen LogP contribution in [0.5, 0.6) is 0 Å². The highest BCUT2D eigenvalue weighted by Gasteiger charge is 2.33. The molecule has 0 spiro atoms. The van der Waals surface area contributed by atoms with Gasteiger partial charge in [0, 0.05) is 19.0 Å². The predicted octanol–water partition coefficient (Wildman–Crippen LogP) is 2.02. The van der Waals surface area contributed by atoms with E-state index in [1.54, 1.807) is 6.08 Å². The Hall–Kier alpha value is -2.43. The molecule has 0 amide bonds. The number of aromatic nitrogens is 4. The topological polar surface area (TPSA) is 80.0 Å². The van der Waals surface area contributed by atoms with Crippen molar-refractivity contribution in [3.05, 3.63) is 40.4 Å². The molecule has 2 N–H and O–H groups in total. The van der Waals surface area contributed by atoms with E-state index >= 15 is 0 Å². The second-order valence-electron chi connectivity index (χ2n) is 5.03. The predicted molar refractivity (Wildman–Crippen MR) is 89.0 cm³/mol. The quantitative estimate of drug-likeness (QED) is 0.460. The number of thiazole rings is 1. The summed E-state index contributed by atoms with van der Waals surface area (Å²) in [6.45, 7) is 6.29. The molecule has 0 aliphatic heterocycles. The Labute approximate surface area is 146 Å². The number of guanidine groups is 1. The van der Waals surface area contributed by atoms with Gasteiger partial charge < -0.3 is 15.2 Å². The minimum Gasteiger partial charge on any atom is -0.353 e. The maximum absolute atomic E-state index is 12.6. The maximum atomic E-state index is 12.6. The van der Waals surface area contributed by atoms with Crippen molar-refractivity contribution in [1.29, 1.82) is 0 Å². The molecule has 136 valence electrons. The van der Waals surface area contributed by atoms with E-state index < -0.39 is 11.9 Å². The Morgan fingerprint density at radius 2 is 2.16 bits per heavy atom. The third-order valence-corrected chi connectivity index (χ3v) is 4.07. The molecule has 7 nitrogen and oxygen atoms in total. The number of halogens is 3. The first-order chi connectivity index (χ1) is 11.8. The Balaban J connectivity index is 2.02. The molecule has 0 atom stereocenters. The molecule has 0 radical (unpaired) electrons. The van der Waals surface area contributed by atoms with Crippen molar-refractivity contribution in [2.24, 2.45) is 12.0 Å². The van der Waals surface area contributed by atoms with Gasteiger partial charge in [-0.1, -0.05) is 6.08 Å². The Morgan fingerprint density at radius 1 is 1.40 bits per heavy atom. The molecule has 2 aromatic heterocycles. The lowest BCUT2D eigenvalue weighted by Crippen LogP contribution is -2.37. The van der Waals surface area contributed by atoms with Crippen LogP contribution in [0.4, 0.5) is 13.2 Å². The summed E-state index contributed by atoms with van der Waals surface area (Å²) in [6, 6.07) is 0. The fourth-order valence-electron chi connectivity index (χ4n) is 1.76. The van der Waals surface area contributed by atoms with Gasteiger partial charge in [0.25, 0.3) is 0 Å². The molecule has 0 saturated heterocycles. The van der Waals surface area contributed by atoms with E-state index in [2.05, 4.69) is 37.4 Å². The van der Waals surface area contributed by atoms with Crippen LogP contribution in [0.1, 0.15) is 22.4 Å². The largest absolute Gasteiger partial charge is 0.434 e. The van der Waals surface area contributed by atoms with Gasteiger partial charge in [0.2, 0.25) is 0 Å². The maximum Gasteiger partial charge on any atom is 0.434 e.